The first-order valence-electron chi connectivity index (χ1n) is 5.04. The van der Waals surface area contributed by atoms with E-state index in [0.29, 0.717) is 16.3 Å². The molecule has 0 bridgehead atoms. The second-order valence-electron chi connectivity index (χ2n) is 4.35. The van der Waals surface area contributed by atoms with E-state index >= 15 is 0 Å². The Morgan fingerprint density at radius 2 is 2.24 bits per heavy atom. The maximum absolute atomic E-state index is 11.8. The highest BCUT2D eigenvalue weighted by Crippen LogP contribution is 2.28. The van der Waals surface area contributed by atoms with E-state index in [4.69, 9.17) is 5.73 Å². The molecule has 7 heteroatoms. The normalized spacial score (nSPS) is 11.3. The van der Waals surface area contributed by atoms with Gasteiger partial charge < -0.3 is 11.1 Å². The fraction of sp³-hybridized carbons (Fsp3) is 0.500. The van der Waals surface area contributed by atoms with Crippen LogP contribution in [0.15, 0.2) is 6.07 Å². The Kier molecular flexibility index (Phi) is 3.84. The maximum atomic E-state index is 11.8. The van der Waals surface area contributed by atoms with Gasteiger partial charge in [0.05, 0.1) is 14.7 Å². The minimum absolute atomic E-state index is 0.0225. The lowest BCUT2D eigenvalue weighted by Gasteiger charge is -2.23. The molecular weight excluding hydrogens is 242 g/mol. The van der Waals surface area contributed by atoms with Gasteiger partial charge in [-0.05, 0) is 20.8 Å². The number of carbonyl (C=O) groups is 1. The predicted molar refractivity (Wildman–Crippen MR) is 66.3 cm³/mol. The molecule has 94 valence electrons. The van der Waals surface area contributed by atoms with Crippen molar-refractivity contribution < 1.29 is 9.72 Å². The van der Waals surface area contributed by atoms with Crippen LogP contribution >= 0.6 is 11.3 Å². The van der Waals surface area contributed by atoms with Crippen LogP contribution in [0.25, 0.3) is 0 Å². The molecule has 0 fully saturated rings. The molecule has 3 N–H and O–H groups in total. The lowest BCUT2D eigenvalue weighted by atomic mass is 10.1. The molecule has 0 unspecified atom stereocenters. The summed E-state index contributed by atoms with van der Waals surface area (Å²) in [6.07, 6.45) is 0. The first kappa shape index (κ1) is 13.6. The second-order valence-corrected chi connectivity index (χ2v) is 5.61. The Bertz CT molecular complexity index is 454. The molecule has 1 heterocycles. The first-order chi connectivity index (χ1) is 7.76. The Morgan fingerprint density at radius 3 is 2.65 bits per heavy atom. The first-order valence-corrected chi connectivity index (χ1v) is 5.86. The zero-order chi connectivity index (χ0) is 13.2. The van der Waals surface area contributed by atoms with Crippen LogP contribution in [-0.4, -0.2) is 22.9 Å². The predicted octanol–water partition coefficient (Wildman–Crippen LogP) is 1.43. The second kappa shape index (κ2) is 4.80. The van der Waals surface area contributed by atoms with E-state index in [1.807, 2.05) is 0 Å². The number of nitrogens with one attached hydrogen (secondary N) is 1. The third-order valence-corrected chi connectivity index (χ3v) is 3.31. The van der Waals surface area contributed by atoms with E-state index < -0.39 is 10.5 Å². The van der Waals surface area contributed by atoms with Crippen molar-refractivity contribution in [3.8, 4) is 0 Å². The highest BCUT2D eigenvalue weighted by molar-refractivity contribution is 7.14. The molecule has 0 aliphatic heterocycles. The average molecular weight is 257 g/mol. The van der Waals surface area contributed by atoms with Crippen molar-refractivity contribution in [2.45, 2.75) is 26.3 Å². The van der Waals surface area contributed by atoms with Crippen molar-refractivity contribution in [3.63, 3.8) is 0 Å². The third kappa shape index (κ3) is 3.24. The summed E-state index contributed by atoms with van der Waals surface area (Å²) in [5.74, 6) is -0.332. The van der Waals surface area contributed by atoms with E-state index in [1.54, 1.807) is 20.8 Å². The summed E-state index contributed by atoms with van der Waals surface area (Å²) in [7, 11) is 0. The van der Waals surface area contributed by atoms with Crippen molar-refractivity contribution in [2.24, 2.45) is 5.73 Å². The van der Waals surface area contributed by atoms with Crippen molar-refractivity contribution >= 4 is 22.9 Å². The maximum Gasteiger partial charge on any atom is 0.283 e. The number of aryl methyl sites for hydroxylation is 1. The van der Waals surface area contributed by atoms with Crippen LogP contribution in [0, 0.1) is 17.0 Å². The number of hydrogen-bond donors (Lipinski definition) is 2. The molecule has 0 atom stereocenters. The summed E-state index contributed by atoms with van der Waals surface area (Å²) in [5.41, 5.74) is 4.95. The van der Waals surface area contributed by atoms with Gasteiger partial charge in [0.15, 0.2) is 0 Å². The van der Waals surface area contributed by atoms with Gasteiger partial charge in [-0.15, -0.1) is 11.3 Å². The highest BCUT2D eigenvalue weighted by atomic mass is 32.1. The van der Waals surface area contributed by atoms with E-state index in [1.165, 1.54) is 6.07 Å². The summed E-state index contributed by atoms with van der Waals surface area (Å²) < 4.78 is 0. The monoisotopic (exact) mass is 257 g/mol. The molecule has 0 radical (unpaired) electrons. The molecule has 6 nitrogen and oxygen atoms in total. The molecule has 0 spiro atoms. The van der Waals surface area contributed by atoms with Gasteiger partial charge >= 0.3 is 0 Å². The molecule has 1 amide bonds. The van der Waals surface area contributed by atoms with Crippen LogP contribution in [0.1, 0.15) is 28.4 Å². The number of nitrogens with zero attached hydrogens (tertiary/aromatic N) is 1. The molecule has 0 aliphatic carbocycles. The number of hydrogen-bond acceptors (Lipinski definition) is 5. The van der Waals surface area contributed by atoms with Crippen molar-refractivity contribution in [1.29, 1.82) is 0 Å². The Labute approximate surface area is 103 Å². The van der Waals surface area contributed by atoms with Crippen LogP contribution in [-0.2, 0) is 0 Å². The van der Waals surface area contributed by atoms with Gasteiger partial charge in [-0.25, -0.2) is 0 Å². The lowest BCUT2D eigenvalue weighted by molar-refractivity contribution is -0.385. The summed E-state index contributed by atoms with van der Waals surface area (Å²) in [5, 5.41) is 13.4. The van der Waals surface area contributed by atoms with Gasteiger partial charge in [0.25, 0.3) is 11.6 Å². The fourth-order valence-electron chi connectivity index (χ4n) is 1.19. The number of amides is 1. The van der Waals surface area contributed by atoms with E-state index in [-0.39, 0.29) is 11.6 Å². The molecular formula is C10H15N3O3S. The Morgan fingerprint density at radius 1 is 1.65 bits per heavy atom. The number of carbonyl (C=O) groups excluding carboxylic acids is 1. The minimum Gasteiger partial charge on any atom is -0.345 e. The standard InChI is InChI=1S/C10H15N3O3S/c1-6-7(13(15)16)4-8(17-6)9(14)12-10(2,3)5-11/h4H,5,11H2,1-3H3,(H,12,14). The smallest absolute Gasteiger partial charge is 0.283 e. The Hall–Kier alpha value is -1.47. The molecule has 0 saturated carbocycles. The minimum atomic E-state index is -0.524. The SMILES string of the molecule is Cc1sc(C(=O)NC(C)(C)CN)cc1[N+](=O)[O-]. The Balaban J connectivity index is 2.91. The van der Waals surface area contributed by atoms with E-state index in [2.05, 4.69) is 5.32 Å². The summed E-state index contributed by atoms with van der Waals surface area (Å²) in [6, 6.07) is 1.29. The summed E-state index contributed by atoms with van der Waals surface area (Å²) in [4.78, 5) is 22.8. The molecule has 17 heavy (non-hydrogen) atoms. The zero-order valence-corrected chi connectivity index (χ0v) is 10.8. The van der Waals surface area contributed by atoms with Crippen LogP contribution < -0.4 is 11.1 Å². The molecule has 1 rings (SSSR count). The van der Waals surface area contributed by atoms with Crippen molar-refractivity contribution in [2.75, 3.05) is 6.54 Å². The average Bonchev–Trinajstić information content (AvgIpc) is 2.60. The molecule has 1 aromatic rings. The third-order valence-electron chi connectivity index (χ3n) is 2.27. The van der Waals surface area contributed by atoms with Crippen molar-refractivity contribution in [1.82, 2.24) is 5.32 Å². The van der Waals surface area contributed by atoms with Crippen LogP contribution in [0.5, 0.6) is 0 Å². The quantitative estimate of drug-likeness (QED) is 0.629. The summed E-state index contributed by atoms with van der Waals surface area (Å²) >= 11 is 1.11. The van der Waals surface area contributed by atoms with Crippen LogP contribution in [0.4, 0.5) is 5.69 Å². The fourth-order valence-corrected chi connectivity index (χ4v) is 2.07. The number of nitro groups is 1. The van der Waals surface area contributed by atoms with Crippen LogP contribution in [0.3, 0.4) is 0 Å². The largest absolute Gasteiger partial charge is 0.345 e. The van der Waals surface area contributed by atoms with E-state index in [0.717, 1.165) is 11.3 Å². The van der Waals surface area contributed by atoms with Gasteiger partial charge in [0.2, 0.25) is 0 Å². The van der Waals surface area contributed by atoms with E-state index in [9.17, 15) is 14.9 Å². The van der Waals surface area contributed by atoms with Gasteiger partial charge in [-0.2, -0.15) is 0 Å². The van der Waals surface area contributed by atoms with Gasteiger partial charge in [-0.3, -0.25) is 14.9 Å². The van der Waals surface area contributed by atoms with Crippen LogP contribution in [0.2, 0.25) is 0 Å². The molecule has 1 aromatic heterocycles. The van der Waals surface area contributed by atoms with Crippen molar-refractivity contribution in [3.05, 3.63) is 25.9 Å². The zero-order valence-electron chi connectivity index (χ0n) is 9.94. The molecule has 0 aromatic carbocycles. The molecule has 0 aliphatic rings. The summed E-state index contributed by atoms with van der Waals surface area (Å²) in [6.45, 7) is 5.50. The van der Waals surface area contributed by atoms with Gasteiger partial charge in [0, 0.05) is 18.2 Å². The molecule has 0 saturated heterocycles. The van der Waals surface area contributed by atoms with Gasteiger partial charge in [-0.1, -0.05) is 0 Å². The van der Waals surface area contributed by atoms with Gasteiger partial charge in [0.1, 0.15) is 0 Å². The number of rotatable bonds is 4. The topological polar surface area (TPSA) is 98.3 Å². The lowest BCUT2D eigenvalue weighted by Crippen LogP contribution is -2.48. The number of thiophene rings is 1. The highest BCUT2D eigenvalue weighted by Gasteiger charge is 2.23. The number of nitrogens with two attached hydrogens (primary N) is 1.